The minimum absolute atomic E-state index is 0.00856. The number of amides is 2. The lowest BCUT2D eigenvalue weighted by Gasteiger charge is -2.14. The molecule has 1 unspecified atom stereocenters. The summed E-state index contributed by atoms with van der Waals surface area (Å²) in [5.74, 6) is -1.33. The fourth-order valence-electron chi connectivity index (χ4n) is 3.37. The summed E-state index contributed by atoms with van der Waals surface area (Å²) in [6.45, 7) is 3.37. The van der Waals surface area contributed by atoms with Crippen LogP contribution in [0, 0.1) is 6.92 Å². The van der Waals surface area contributed by atoms with E-state index in [4.69, 9.17) is 17.3 Å². The van der Waals surface area contributed by atoms with Crippen molar-refractivity contribution < 1.29 is 18.4 Å². The highest BCUT2D eigenvalue weighted by Crippen LogP contribution is 2.43. The van der Waals surface area contributed by atoms with Crippen LogP contribution in [0.3, 0.4) is 0 Å². The van der Waals surface area contributed by atoms with Crippen molar-refractivity contribution in [2.75, 3.05) is 5.32 Å². The predicted molar refractivity (Wildman–Crippen MR) is 121 cm³/mol. The van der Waals surface area contributed by atoms with Crippen LogP contribution in [0.1, 0.15) is 40.5 Å². The average Bonchev–Trinajstić information content (AvgIpc) is 3.45. The number of rotatable bonds is 6. The molecule has 4 rings (SSSR count). The van der Waals surface area contributed by atoms with Gasteiger partial charge in [-0.1, -0.05) is 11.6 Å². The molecule has 3 N–H and O–H groups in total. The normalized spacial score (nSPS) is 12.5. The molecule has 0 aliphatic heterocycles. The molecule has 0 saturated carbocycles. The van der Waals surface area contributed by atoms with Gasteiger partial charge in [0.2, 0.25) is 5.91 Å². The number of halogens is 3. The number of alkyl halides is 2. The Morgan fingerprint density at radius 3 is 2.52 bits per heavy atom. The highest BCUT2D eigenvalue weighted by molar-refractivity contribution is 7.21. The Labute approximate surface area is 195 Å². The van der Waals surface area contributed by atoms with Gasteiger partial charge in [-0.15, -0.1) is 11.3 Å². The maximum atomic E-state index is 13.6. The minimum Gasteiger partial charge on any atom is -0.365 e. The van der Waals surface area contributed by atoms with Crippen molar-refractivity contribution in [3.63, 3.8) is 0 Å². The number of thiophene rings is 1. The van der Waals surface area contributed by atoms with E-state index >= 15 is 0 Å². The molecule has 9 nitrogen and oxygen atoms in total. The standard InChI is InChI=1S/C20H18ClF2N7O2S/c1-8-12(6-25-29(8)3)11-4-13(17(22)23)27-20-14(11)15(16(33-20)18(24)31)28-19(32)9(2)30-7-10(21)5-26-30/h4-7,9,17H,1-3H3,(H2,24,31)(H,28,32). The van der Waals surface area contributed by atoms with Crippen LogP contribution in [0.4, 0.5) is 14.5 Å². The maximum absolute atomic E-state index is 13.6. The van der Waals surface area contributed by atoms with E-state index in [2.05, 4.69) is 20.5 Å². The van der Waals surface area contributed by atoms with Crippen molar-refractivity contribution in [2.45, 2.75) is 26.3 Å². The van der Waals surface area contributed by atoms with Gasteiger partial charge in [0.05, 0.1) is 23.1 Å². The molecule has 0 saturated heterocycles. The Balaban J connectivity index is 1.92. The van der Waals surface area contributed by atoms with Crippen molar-refractivity contribution >= 4 is 50.7 Å². The van der Waals surface area contributed by atoms with E-state index in [1.54, 1.807) is 25.6 Å². The average molecular weight is 494 g/mol. The number of nitrogens with zero attached hydrogens (tertiary/aromatic N) is 5. The number of hydrogen-bond acceptors (Lipinski definition) is 6. The second-order valence-corrected chi connectivity index (χ2v) is 8.75. The molecule has 0 radical (unpaired) electrons. The largest absolute Gasteiger partial charge is 0.365 e. The fourth-order valence-corrected chi connectivity index (χ4v) is 4.53. The second kappa shape index (κ2) is 8.52. The molecule has 2 amide bonds. The Kier molecular flexibility index (Phi) is 5.89. The number of hydrogen-bond donors (Lipinski definition) is 2. The summed E-state index contributed by atoms with van der Waals surface area (Å²) in [6.07, 6.45) is 1.56. The van der Waals surface area contributed by atoms with Crippen LogP contribution in [0.25, 0.3) is 21.3 Å². The van der Waals surface area contributed by atoms with E-state index in [1.807, 2.05) is 0 Å². The second-order valence-electron chi connectivity index (χ2n) is 7.32. The van der Waals surface area contributed by atoms with Gasteiger partial charge in [-0.3, -0.25) is 19.0 Å². The van der Waals surface area contributed by atoms with Gasteiger partial charge in [0.1, 0.15) is 21.4 Å². The summed E-state index contributed by atoms with van der Waals surface area (Å²) in [4.78, 5) is 29.4. The maximum Gasteiger partial charge on any atom is 0.280 e. The Morgan fingerprint density at radius 2 is 1.97 bits per heavy atom. The number of carbonyl (C=O) groups is 2. The third-order valence-corrected chi connectivity index (χ3v) is 6.54. The first-order chi connectivity index (χ1) is 15.6. The Bertz CT molecular complexity index is 1390. The first kappa shape index (κ1) is 22.8. The van der Waals surface area contributed by atoms with Crippen molar-refractivity contribution in [1.29, 1.82) is 0 Å². The molecule has 4 heterocycles. The molecule has 0 aliphatic rings. The zero-order valence-corrected chi connectivity index (χ0v) is 19.2. The number of primary amides is 1. The summed E-state index contributed by atoms with van der Waals surface area (Å²) in [6, 6.07) is 0.450. The van der Waals surface area contributed by atoms with Crippen LogP contribution in [0.15, 0.2) is 24.7 Å². The zero-order valence-electron chi connectivity index (χ0n) is 17.6. The number of pyridine rings is 1. The van der Waals surface area contributed by atoms with E-state index in [0.29, 0.717) is 27.2 Å². The van der Waals surface area contributed by atoms with Gasteiger partial charge in [0.25, 0.3) is 12.3 Å². The molecule has 0 spiro atoms. The molecular weight excluding hydrogens is 476 g/mol. The molecule has 0 aliphatic carbocycles. The summed E-state index contributed by atoms with van der Waals surface area (Å²) in [5.41, 5.74) is 6.81. The summed E-state index contributed by atoms with van der Waals surface area (Å²) in [7, 11) is 1.72. The van der Waals surface area contributed by atoms with Gasteiger partial charge in [0, 0.05) is 29.9 Å². The molecule has 33 heavy (non-hydrogen) atoms. The van der Waals surface area contributed by atoms with Crippen LogP contribution in [0.2, 0.25) is 5.02 Å². The van der Waals surface area contributed by atoms with Crippen molar-refractivity contribution in [3.8, 4) is 11.1 Å². The SMILES string of the molecule is Cc1c(-c2cc(C(F)F)nc3sc(C(N)=O)c(NC(=O)C(C)n4cc(Cl)cn4)c23)cnn1C. The highest BCUT2D eigenvalue weighted by Gasteiger charge is 2.27. The third kappa shape index (κ3) is 4.07. The molecule has 1 atom stereocenters. The predicted octanol–water partition coefficient (Wildman–Crippen LogP) is 4.09. The van der Waals surface area contributed by atoms with Gasteiger partial charge in [-0.25, -0.2) is 13.8 Å². The van der Waals surface area contributed by atoms with E-state index in [9.17, 15) is 18.4 Å². The van der Waals surface area contributed by atoms with Crippen LogP contribution >= 0.6 is 22.9 Å². The quantitative estimate of drug-likeness (QED) is 0.419. The van der Waals surface area contributed by atoms with Crippen molar-refractivity contribution in [1.82, 2.24) is 24.5 Å². The van der Waals surface area contributed by atoms with Crippen molar-refractivity contribution in [2.24, 2.45) is 12.8 Å². The first-order valence-electron chi connectivity index (χ1n) is 9.63. The summed E-state index contributed by atoms with van der Waals surface area (Å²) in [5, 5.41) is 11.6. The topological polar surface area (TPSA) is 121 Å². The molecule has 4 aromatic rings. The molecule has 0 fully saturated rings. The van der Waals surface area contributed by atoms with Crippen LogP contribution in [0.5, 0.6) is 0 Å². The highest BCUT2D eigenvalue weighted by atomic mass is 35.5. The third-order valence-electron chi connectivity index (χ3n) is 5.25. The van der Waals surface area contributed by atoms with Crippen LogP contribution in [-0.2, 0) is 11.8 Å². The van der Waals surface area contributed by atoms with Crippen LogP contribution < -0.4 is 11.1 Å². The molecule has 172 valence electrons. The fraction of sp³-hybridized carbons (Fsp3) is 0.250. The lowest BCUT2D eigenvalue weighted by atomic mass is 10.0. The number of aryl methyl sites for hydroxylation is 1. The van der Waals surface area contributed by atoms with Gasteiger partial charge >= 0.3 is 0 Å². The van der Waals surface area contributed by atoms with Gasteiger partial charge < -0.3 is 11.1 Å². The number of fused-ring (bicyclic) bond motifs is 1. The van der Waals surface area contributed by atoms with E-state index < -0.39 is 30.0 Å². The van der Waals surface area contributed by atoms with E-state index in [-0.39, 0.29) is 15.4 Å². The summed E-state index contributed by atoms with van der Waals surface area (Å²) < 4.78 is 30.2. The summed E-state index contributed by atoms with van der Waals surface area (Å²) >= 11 is 6.72. The lowest BCUT2D eigenvalue weighted by molar-refractivity contribution is -0.119. The number of anilines is 1. The minimum atomic E-state index is -2.84. The van der Waals surface area contributed by atoms with Crippen molar-refractivity contribution in [3.05, 3.63) is 45.9 Å². The van der Waals surface area contributed by atoms with Gasteiger partial charge in [-0.2, -0.15) is 10.2 Å². The van der Waals surface area contributed by atoms with E-state index in [1.165, 1.54) is 29.3 Å². The lowest BCUT2D eigenvalue weighted by Crippen LogP contribution is -2.25. The first-order valence-corrected chi connectivity index (χ1v) is 10.8. The zero-order chi connectivity index (χ0) is 24.0. The number of aromatic nitrogens is 5. The Morgan fingerprint density at radius 1 is 1.24 bits per heavy atom. The monoisotopic (exact) mass is 493 g/mol. The smallest absolute Gasteiger partial charge is 0.280 e. The van der Waals surface area contributed by atoms with Gasteiger partial charge in [0.15, 0.2) is 0 Å². The molecule has 0 aromatic carbocycles. The Hall–Kier alpha value is -3.38. The number of nitrogens with one attached hydrogen (secondary N) is 1. The van der Waals surface area contributed by atoms with Crippen LogP contribution in [-0.4, -0.2) is 36.4 Å². The number of nitrogens with two attached hydrogens (primary N) is 1. The molecule has 4 aromatic heterocycles. The van der Waals surface area contributed by atoms with E-state index in [0.717, 1.165) is 11.3 Å². The number of carbonyl (C=O) groups excluding carboxylic acids is 2. The molecule has 0 bridgehead atoms. The molecular formula is C20H18ClF2N7O2S. The van der Waals surface area contributed by atoms with Gasteiger partial charge in [-0.05, 0) is 25.5 Å². The molecule has 13 heteroatoms.